The van der Waals surface area contributed by atoms with Crippen LogP contribution in [0.2, 0.25) is 5.02 Å². The zero-order valence-corrected chi connectivity index (χ0v) is 21.4. The molecule has 0 spiro atoms. The lowest BCUT2D eigenvalue weighted by Gasteiger charge is -2.26. The second-order valence-corrected chi connectivity index (χ2v) is 10.3. The summed E-state index contributed by atoms with van der Waals surface area (Å²) in [5.41, 5.74) is -0.899. The number of pyridine rings is 1. The van der Waals surface area contributed by atoms with Crippen molar-refractivity contribution in [2.24, 2.45) is 0 Å². The second kappa shape index (κ2) is 10.1. The number of hydrogen-bond acceptors (Lipinski definition) is 7. The maximum absolute atomic E-state index is 12.9. The topological polar surface area (TPSA) is 106 Å². The summed E-state index contributed by atoms with van der Waals surface area (Å²) in [5, 5.41) is 9.72. The molecule has 3 heterocycles. The van der Waals surface area contributed by atoms with Gasteiger partial charge in [0, 0.05) is 16.6 Å². The number of alkyl halides is 3. The van der Waals surface area contributed by atoms with E-state index in [1.165, 1.54) is 12.6 Å². The Balaban J connectivity index is 1.43. The zero-order valence-electron chi connectivity index (χ0n) is 19.8. The summed E-state index contributed by atoms with van der Waals surface area (Å²) in [6, 6.07) is 8.61. The van der Waals surface area contributed by atoms with Crippen molar-refractivity contribution in [1.82, 2.24) is 14.5 Å². The second-order valence-electron chi connectivity index (χ2n) is 8.92. The highest BCUT2D eigenvalue weighted by molar-refractivity contribution is 7.22. The molecule has 1 aromatic carbocycles. The van der Waals surface area contributed by atoms with Crippen LogP contribution in [-0.2, 0) is 6.54 Å². The van der Waals surface area contributed by atoms with E-state index in [1.807, 2.05) is 4.98 Å². The quantitative estimate of drug-likeness (QED) is 0.309. The SMILES string of the molecule is Cc1c(-c2cnc(Oc3ccc(OC4CCC4)cc3)c(Cl)c2)sc2c1c(=O)[nH]c(=O)n2C[C@@H](O)C(F)(F)F. The molecule has 13 heteroatoms. The van der Waals surface area contributed by atoms with E-state index in [2.05, 4.69) is 4.98 Å². The van der Waals surface area contributed by atoms with Gasteiger partial charge in [-0.2, -0.15) is 13.2 Å². The Bertz CT molecular complexity index is 1610. The maximum atomic E-state index is 12.9. The Morgan fingerprint density at radius 1 is 1.24 bits per heavy atom. The number of rotatable bonds is 7. The van der Waals surface area contributed by atoms with Crippen LogP contribution >= 0.6 is 22.9 Å². The summed E-state index contributed by atoms with van der Waals surface area (Å²) >= 11 is 7.35. The molecular weight excluding hydrogens is 547 g/mol. The Hall–Kier alpha value is -3.35. The Kier molecular flexibility index (Phi) is 6.97. The van der Waals surface area contributed by atoms with Gasteiger partial charge in [0.1, 0.15) is 21.4 Å². The molecule has 0 unspecified atom stereocenters. The number of halogens is 4. The average molecular weight is 568 g/mol. The van der Waals surface area contributed by atoms with Crippen LogP contribution in [0.15, 0.2) is 46.1 Å². The Labute approximate surface area is 222 Å². The van der Waals surface area contributed by atoms with Gasteiger partial charge in [-0.25, -0.2) is 9.78 Å². The summed E-state index contributed by atoms with van der Waals surface area (Å²) in [6.45, 7) is 0.537. The molecule has 38 heavy (non-hydrogen) atoms. The first-order valence-corrected chi connectivity index (χ1v) is 12.8. The molecule has 200 valence electrons. The molecule has 3 aromatic heterocycles. The fourth-order valence-corrected chi connectivity index (χ4v) is 5.49. The van der Waals surface area contributed by atoms with Gasteiger partial charge in [-0.15, -0.1) is 11.3 Å². The van der Waals surface area contributed by atoms with Crippen LogP contribution in [0.5, 0.6) is 17.4 Å². The van der Waals surface area contributed by atoms with Crippen LogP contribution in [0.3, 0.4) is 0 Å². The van der Waals surface area contributed by atoms with Crippen LogP contribution in [0.4, 0.5) is 13.2 Å². The summed E-state index contributed by atoms with van der Waals surface area (Å²) in [5.74, 6) is 1.36. The molecule has 1 aliphatic rings. The van der Waals surface area contributed by atoms with E-state index in [-0.39, 0.29) is 27.2 Å². The number of H-pyrrole nitrogens is 1. The summed E-state index contributed by atoms with van der Waals surface area (Å²) in [4.78, 5) is 31.6. The Morgan fingerprint density at radius 3 is 2.53 bits per heavy atom. The van der Waals surface area contributed by atoms with E-state index >= 15 is 0 Å². The number of fused-ring (bicyclic) bond motifs is 1. The normalized spacial score (nSPS) is 14.9. The number of nitrogens with one attached hydrogen (secondary N) is 1. The van der Waals surface area contributed by atoms with E-state index < -0.39 is 30.1 Å². The van der Waals surface area contributed by atoms with Crippen molar-refractivity contribution in [2.75, 3.05) is 0 Å². The fourth-order valence-electron chi connectivity index (χ4n) is 4.00. The molecule has 5 rings (SSSR count). The first-order chi connectivity index (χ1) is 18.0. The summed E-state index contributed by atoms with van der Waals surface area (Å²) < 4.78 is 51.2. The van der Waals surface area contributed by atoms with Crippen molar-refractivity contribution < 1.29 is 27.8 Å². The lowest BCUT2D eigenvalue weighted by Crippen LogP contribution is -2.38. The molecule has 0 saturated heterocycles. The molecular formula is C25H21ClF3N3O5S. The highest BCUT2D eigenvalue weighted by Gasteiger charge is 2.39. The molecule has 0 aliphatic heterocycles. The van der Waals surface area contributed by atoms with E-state index in [9.17, 15) is 27.9 Å². The number of aromatic nitrogens is 3. The molecule has 0 radical (unpaired) electrons. The molecule has 1 aliphatic carbocycles. The van der Waals surface area contributed by atoms with Crippen LogP contribution < -0.4 is 20.7 Å². The number of thiophene rings is 1. The number of aromatic amines is 1. The first-order valence-electron chi connectivity index (χ1n) is 11.6. The van der Waals surface area contributed by atoms with Gasteiger partial charge in [-0.3, -0.25) is 14.3 Å². The third-order valence-corrected chi connectivity index (χ3v) is 7.90. The van der Waals surface area contributed by atoms with Gasteiger partial charge in [-0.05, 0) is 62.1 Å². The first kappa shape index (κ1) is 26.3. The fraction of sp³-hybridized carbons (Fsp3) is 0.320. The minimum atomic E-state index is -4.94. The molecule has 8 nitrogen and oxygen atoms in total. The predicted molar refractivity (Wildman–Crippen MR) is 137 cm³/mol. The zero-order chi connectivity index (χ0) is 27.2. The number of aliphatic hydroxyl groups excluding tert-OH is 1. The molecule has 1 fully saturated rings. The number of benzene rings is 1. The monoisotopic (exact) mass is 567 g/mol. The molecule has 0 amide bonds. The minimum Gasteiger partial charge on any atom is -0.490 e. The van der Waals surface area contributed by atoms with Crippen LogP contribution in [-0.4, -0.2) is 38.0 Å². The van der Waals surface area contributed by atoms with Crippen molar-refractivity contribution in [3.63, 3.8) is 0 Å². The average Bonchev–Trinajstić information content (AvgIpc) is 3.18. The van der Waals surface area contributed by atoms with Crippen molar-refractivity contribution >= 4 is 33.2 Å². The van der Waals surface area contributed by atoms with Crippen LogP contribution in [0.1, 0.15) is 24.8 Å². The smallest absolute Gasteiger partial charge is 0.416 e. The van der Waals surface area contributed by atoms with Gasteiger partial charge >= 0.3 is 11.9 Å². The van der Waals surface area contributed by atoms with Crippen molar-refractivity contribution in [1.29, 1.82) is 0 Å². The van der Waals surface area contributed by atoms with E-state index in [0.717, 1.165) is 29.9 Å². The van der Waals surface area contributed by atoms with Gasteiger partial charge in [0.15, 0.2) is 6.10 Å². The highest BCUT2D eigenvalue weighted by atomic mass is 35.5. The van der Waals surface area contributed by atoms with E-state index in [1.54, 1.807) is 37.3 Å². The third kappa shape index (κ3) is 5.16. The van der Waals surface area contributed by atoms with Gasteiger partial charge in [0.05, 0.1) is 18.0 Å². The van der Waals surface area contributed by atoms with Crippen molar-refractivity contribution in [2.45, 2.75) is 51.1 Å². The van der Waals surface area contributed by atoms with Crippen molar-refractivity contribution in [3.8, 4) is 27.8 Å². The molecule has 0 bridgehead atoms. The van der Waals surface area contributed by atoms with E-state index in [4.69, 9.17) is 21.1 Å². The number of aryl methyl sites for hydroxylation is 1. The standard InChI is InChI=1S/C25H21ClF3N3O5S/c1-12-19-21(34)31-24(35)32(11-18(33)25(27,28)29)23(19)38-20(12)13-9-17(26)22(30-10-13)37-16-7-5-15(6-8-16)36-14-3-2-4-14/h5-10,14,18,33H,2-4,11H2,1H3,(H,31,34,35)/t18-/m1/s1. The van der Waals surface area contributed by atoms with E-state index in [0.29, 0.717) is 26.3 Å². The summed E-state index contributed by atoms with van der Waals surface area (Å²) in [6.07, 6.45) is -2.75. The molecule has 2 N–H and O–H groups in total. The minimum absolute atomic E-state index is 0.00444. The van der Waals surface area contributed by atoms with Gasteiger partial charge < -0.3 is 14.6 Å². The van der Waals surface area contributed by atoms with Crippen LogP contribution in [0, 0.1) is 6.92 Å². The number of nitrogens with zero attached hydrogens (tertiary/aromatic N) is 2. The molecule has 1 saturated carbocycles. The highest BCUT2D eigenvalue weighted by Crippen LogP contribution is 2.39. The maximum Gasteiger partial charge on any atom is 0.416 e. The predicted octanol–water partition coefficient (Wildman–Crippen LogP) is 5.42. The number of aliphatic hydroxyl groups is 1. The third-order valence-electron chi connectivity index (χ3n) is 6.26. The number of hydrogen-bond donors (Lipinski definition) is 2. The van der Waals surface area contributed by atoms with Crippen molar-refractivity contribution in [3.05, 3.63) is 68.0 Å². The molecule has 1 atom stereocenters. The summed E-state index contributed by atoms with van der Waals surface area (Å²) in [7, 11) is 0. The van der Waals surface area contributed by atoms with Gasteiger partial charge in [0.2, 0.25) is 5.88 Å². The largest absolute Gasteiger partial charge is 0.490 e. The number of ether oxygens (including phenoxy) is 2. The Morgan fingerprint density at radius 2 is 1.92 bits per heavy atom. The molecule has 4 aromatic rings. The lowest BCUT2D eigenvalue weighted by molar-refractivity contribution is -0.207. The van der Waals surface area contributed by atoms with Crippen LogP contribution in [0.25, 0.3) is 20.7 Å². The van der Waals surface area contributed by atoms with Gasteiger partial charge in [-0.1, -0.05) is 11.6 Å². The van der Waals surface area contributed by atoms with Gasteiger partial charge in [0.25, 0.3) is 5.56 Å². The lowest BCUT2D eigenvalue weighted by atomic mass is 9.96.